The topological polar surface area (TPSA) is 108 Å². The van der Waals surface area contributed by atoms with Crippen molar-refractivity contribution in [2.24, 2.45) is 5.73 Å². The molecular weight excluding hydrogens is 621 g/mol. The summed E-state index contributed by atoms with van der Waals surface area (Å²) in [6.45, 7) is 3.16. The van der Waals surface area contributed by atoms with Crippen LogP contribution < -0.4 is 16.4 Å². The van der Waals surface area contributed by atoms with Crippen molar-refractivity contribution in [1.82, 2.24) is 20.4 Å². The number of hydrogen-bond donors (Lipinski definition) is 3. The first kappa shape index (κ1) is 35.4. The smallest absolute Gasteiger partial charge is 0.245 e. The van der Waals surface area contributed by atoms with Gasteiger partial charge in [0.05, 0.1) is 22.1 Å². The molecule has 1 saturated heterocycles. The zero-order valence-corrected chi connectivity index (χ0v) is 28.1. The lowest BCUT2D eigenvalue weighted by Gasteiger charge is -2.34. The molecule has 4 N–H and O–H groups in total. The number of carbonyl (C=O) groups is 3. The van der Waals surface area contributed by atoms with Gasteiger partial charge in [0.1, 0.15) is 6.04 Å². The summed E-state index contributed by atoms with van der Waals surface area (Å²) in [5, 5.41) is 6.81. The van der Waals surface area contributed by atoms with E-state index in [1.165, 1.54) is 0 Å². The predicted molar refractivity (Wildman–Crippen MR) is 185 cm³/mol. The van der Waals surface area contributed by atoms with E-state index in [0.29, 0.717) is 55.4 Å². The van der Waals surface area contributed by atoms with E-state index in [1.807, 2.05) is 71.6 Å². The molecule has 46 heavy (non-hydrogen) atoms. The number of likely N-dealkylation sites (tertiary alicyclic amines) is 1. The van der Waals surface area contributed by atoms with Gasteiger partial charge in [0.15, 0.2) is 0 Å². The summed E-state index contributed by atoms with van der Waals surface area (Å²) in [7, 11) is 1.72. The number of rotatable bonds is 15. The maximum atomic E-state index is 14.1. The average molecular weight is 667 g/mol. The van der Waals surface area contributed by atoms with Crippen molar-refractivity contribution in [2.75, 3.05) is 26.7 Å². The van der Waals surface area contributed by atoms with Gasteiger partial charge in [0.2, 0.25) is 17.7 Å². The molecule has 246 valence electrons. The second kappa shape index (κ2) is 17.5. The van der Waals surface area contributed by atoms with Gasteiger partial charge in [-0.2, -0.15) is 0 Å². The highest BCUT2D eigenvalue weighted by molar-refractivity contribution is 6.42. The standard InChI is InChI=1S/C36H45Cl2N5O3/c1-25(40-2)34(44)41-33(18-16-26-10-5-3-6-11-26)36(46)43-20-9-14-29(43)24-42(21-19-27-12-7-4-8-13-27)35(45)32(39)23-28-15-17-30(37)31(38)22-28/h3-8,10-13,15,17,22,25,29,32-33,40H,9,14,16,18-21,23-24,39H2,1-2H3,(H,41,44)/t25-,29-,32+,33-/m0/s1. The molecule has 0 aromatic heterocycles. The maximum Gasteiger partial charge on any atom is 0.245 e. The molecule has 0 saturated carbocycles. The van der Waals surface area contributed by atoms with Crippen LogP contribution in [0.3, 0.4) is 0 Å². The Labute approximate surface area is 282 Å². The summed E-state index contributed by atoms with van der Waals surface area (Å²) >= 11 is 12.3. The molecule has 4 atom stereocenters. The monoisotopic (exact) mass is 665 g/mol. The van der Waals surface area contributed by atoms with Crippen LogP contribution in [0.25, 0.3) is 0 Å². The maximum absolute atomic E-state index is 14.1. The number of nitrogens with one attached hydrogen (secondary N) is 2. The lowest BCUT2D eigenvalue weighted by Crippen LogP contribution is -2.56. The lowest BCUT2D eigenvalue weighted by atomic mass is 10.0. The van der Waals surface area contributed by atoms with Crippen molar-refractivity contribution >= 4 is 40.9 Å². The van der Waals surface area contributed by atoms with Crippen LogP contribution in [0.1, 0.15) is 42.9 Å². The molecular formula is C36H45Cl2N5O3. The molecule has 1 heterocycles. The molecule has 3 aromatic carbocycles. The fourth-order valence-corrected chi connectivity index (χ4v) is 6.17. The second-order valence-electron chi connectivity index (χ2n) is 12.0. The molecule has 1 aliphatic rings. The third-order valence-corrected chi connectivity index (χ3v) is 9.42. The zero-order chi connectivity index (χ0) is 33.1. The van der Waals surface area contributed by atoms with Crippen molar-refractivity contribution in [3.63, 3.8) is 0 Å². The van der Waals surface area contributed by atoms with E-state index in [-0.39, 0.29) is 23.8 Å². The minimum absolute atomic E-state index is 0.120. The molecule has 3 aromatic rings. The molecule has 1 fully saturated rings. The summed E-state index contributed by atoms with van der Waals surface area (Å²) in [6, 6.07) is 23.1. The van der Waals surface area contributed by atoms with E-state index in [4.69, 9.17) is 28.9 Å². The van der Waals surface area contributed by atoms with Crippen LogP contribution in [0.15, 0.2) is 78.9 Å². The first-order valence-corrected chi connectivity index (χ1v) is 16.8. The van der Waals surface area contributed by atoms with Crippen LogP contribution in [0.5, 0.6) is 0 Å². The Kier molecular flexibility index (Phi) is 13.5. The van der Waals surface area contributed by atoms with Gasteiger partial charge >= 0.3 is 0 Å². The predicted octanol–water partition coefficient (Wildman–Crippen LogP) is 4.65. The van der Waals surface area contributed by atoms with Crippen molar-refractivity contribution < 1.29 is 14.4 Å². The minimum atomic E-state index is -0.792. The first-order chi connectivity index (χ1) is 22.2. The summed E-state index contributed by atoms with van der Waals surface area (Å²) in [4.78, 5) is 44.6. The van der Waals surface area contributed by atoms with Gasteiger partial charge in [0, 0.05) is 25.7 Å². The summed E-state index contributed by atoms with van der Waals surface area (Å²) < 4.78 is 0. The van der Waals surface area contributed by atoms with Gasteiger partial charge < -0.3 is 26.2 Å². The van der Waals surface area contributed by atoms with Crippen molar-refractivity contribution in [3.05, 3.63) is 106 Å². The van der Waals surface area contributed by atoms with Crippen LogP contribution >= 0.6 is 23.2 Å². The number of hydrogen-bond acceptors (Lipinski definition) is 5. The molecule has 3 amide bonds. The minimum Gasteiger partial charge on any atom is -0.343 e. The van der Waals surface area contributed by atoms with Crippen molar-refractivity contribution in [2.45, 2.75) is 69.6 Å². The Morgan fingerprint density at radius 1 is 0.935 bits per heavy atom. The highest BCUT2D eigenvalue weighted by Gasteiger charge is 2.36. The first-order valence-electron chi connectivity index (χ1n) is 16.0. The van der Waals surface area contributed by atoms with Crippen LogP contribution in [0.4, 0.5) is 0 Å². The number of nitrogens with zero attached hydrogens (tertiary/aromatic N) is 2. The fourth-order valence-electron chi connectivity index (χ4n) is 5.85. The quantitative estimate of drug-likeness (QED) is 0.219. The van der Waals surface area contributed by atoms with Crippen LogP contribution in [0.2, 0.25) is 10.0 Å². The Hall–Kier alpha value is -3.43. The number of nitrogens with two attached hydrogens (primary N) is 1. The van der Waals surface area contributed by atoms with Gasteiger partial charge in [-0.1, -0.05) is 89.9 Å². The highest BCUT2D eigenvalue weighted by atomic mass is 35.5. The van der Waals surface area contributed by atoms with Crippen LogP contribution in [0, 0.1) is 0 Å². The third-order valence-electron chi connectivity index (χ3n) is 8.68. The third kappa shape index (κ3) is 10.0. The van der Waals surface area contributed by atoms with E-state index >= 15 is 0 Å². The Morgan fingerprint density at radius 2 is 1.59 bits per heavy atom. The van der Waals surface area contributed by atoms with Gasteiger partial charge in [-0.05, 0) is 81.3 Å². The molecule has 0 radical (unpaired) electrons. The average Bonchev–Trinajstić information content (AvgIpc) is 3.54. The normalized spacial score (nSPS) is 16.5. The van der Waals surface area contributed by atoms with Crippen LogP contribution in [-0.2, 0) is 33.6 Å². The molecule has 0 unspecified atom stereocenters. The van der Waals surface area contributed by atoms with E-state index in [9.17, 15) is 14.4 Å². The highest BCUT2D eigenvalue weighted by Crippen LogP contribution is 2.24. The van der Waals surface area contributed by atoms with Gasteiger partial charge in [0.25, 0.3) is 0 Å². The number of amides is 3. The van der Waals surface area contributed by atoms with E-state index < -0.39 is 18.1 Å². The van der Waals surface area contributed by atoms with Gasteiger partial charge in [-0.15, -0.1) is 0 Å². The van der Waals surface area contributed by atoms with Crippen LogP contribution in [-0.4, -0.2) is 78.4 Å². The van der Waals surface area contributed by atoms with Gasteiger partial charge in [-0.3, -0.25) is 14.4 Å². The van der Waals surface area contributed by atoms with Gasteiger partial charge in [-0.25, -0.2) is 0 Å². The SMILES string of the molecule is CN[C@@H](C)C(=O)N[C@@H](CCc1ccccc1)C(=O)N1CCC[C@H]1CN(CCc1ccccc1)C(=O)[C@H](N)Cc1ccc(Cl)c(Cl)c1. The molecule has 8 nitrogen and oxygen atoms in total. The number of aryl methyl sites for hydroxylation is 1. The molecule has 0 spiro atoms. The van der Waals surface area contributed by atoms with Crippen molar-refractivity contribution in [1.29, 1.82) is 0 Å². The van der Waals surface area contributed by atoms with E-state index in [2.05, 4.69) is 10.6 Å². The molecule has 0 bridgehead atoms. The number of carbonyl (C=O) groups excluding carboxylic acids is 3. The molecule has 10 heteroatoms. The Balaban J connectivity index is 1.51. The van der Waals surface area contributed by atoms with E-state index in [0.717, 1.165) is 29.5 Å². The molecule has 4 rings (SSSR count). The largest absolute Gasteiger partial charge is 0.343 e. The summed E-state index contributed by atoms with van der Waals surface area (Å²) in [5.74, 6) is -0.527. The van der Waals surface area contributed by atoms with E-state index in [1.54, 1.807) is 31.0 Å². The zero-order valence-electron chi connectivity index (χ0n) is 26.6. The van der Waals surface area contributed by atoms with Crippen molar-refractivity contribution in [3.8, 4) is 0 Å². The number of likely N-dealkylation sites (N-methyl/N-ethyl adjacent to an activating group) is 1. The Bertz CT molecular complexity index is 1440. The molecule has 0 aliphatic carbocycles. The number of benzene rings is 3. The molecule has 1 aliphatic heterocycles. The summed E-state index contributed by atoms with van der Waals surface area (Å²) in [6.07, 6.45) is 3.66. The Morgan fingerprint density at radius 3 is 2.22 bits per heavy atom. The second-order valence-corrected chi connectivity index (χ2v) is 12.8. The number of halogens is 2. The fraction of sp³-hybridized carbons (Fsp3) is 0.417. The lowest BCUT2D eigenvalue weighted by molar-refractivity contribution is -0.140. The summed E-state index contributed by atoms with van der Waals surface area (Å²) in [5.41, 5.74) is 9.55.